The summed E-state index contributed by atoms with van der Waals surface area (Å²) in [6.45, 7) is 0.599. The van der Waals surface area contributed by atoms with Crippen molar-refractivity contribution in [1.82, 2.24) is 15.5 Å². The van der Waals surface area contributed by atoms with Gasteiger partial charge in [-0.2, -0.15) is 4.98 Å². The van der Waals surface area contributed by atoms with Gasteiger partial charge in [-0.15, -0.1) is 11.8 Å². The zero-order chi connectivity index (χ0) is 19.8. The molecule has 0 fully saturated rings. The lowest BCUT2D eigenvalue weighted by molar-refractivity contribution is -0.121. The zero-order valence-electron chi connectivity index (χ0n) is 15.0. The summed E-state index contributed by atoms with van der Waals surface area (Å²) in [6, 6.07) is 13.5. The van der Waals surface area contributed by atoms with Crippen molar-refractivity contribution in [3.63, 3.8) is 0 Å². The van der Waals surface area contributed by atoms with E-state index in [0.717, 1.165) is 10.6 Å². The molecule has 28 heavy (non-hydrogen) atoms. The molecule has 1 heterocycles. The number of carbonyl (C=O) groups is 1. The van der Waals surface area contributed by atoms with Gasteiger partial charge in [-0.05, 0) is 55.0 Å². The fourth-order valence-corrected chi connectivity index (χ4v) is 3.35. The highest BCUT2D eigenvalue weighted by Gasteiger charge is 2.09. The molecule has 0 spiro atoms. The van der Waals surface area contributed by atoms with E-state index in [9.17, 15) is 9.18 Å². The van der Waals surface area contributed by atoms with Crippen LogP contribution in [0.15, 0.2) is 57.9 Å². The SMILES string of the molecule is O=C(CCCc1nc(-c2ccc(F)cc2)no1)NCCSc1ccc(Cl)cc1. The number of thioether (sulfide) groups is 1. The third-order valence-electron chi connectivity index (χ3n) is 3.87. The molecule has 5 nitrogen and oxygen atoms in total. The predicted octanol–water partition coefficient (Wildman–Crippen LogP) is 4.76. The number of aromatic nitrogens is 2. The Kier molecular flexibility index (Phi) is 7.45. The van der Waals surface area contributed by atoms with Crippen molar-refractivity contribution < 1.29 is 13.7 Å². The predicted molar refractivity (Wildman–Crippen MR) is 108 cm³/mol. The van der Waals surface area contributed by atoms with Crippen molar-refractivity contribution in [1.29, 1.82) is 0 Å². The van der Waals surface area contributed by atoms with E-state index in [0.29, 0.717) is 48.1 Å². The summed E-state index contributed by atoms with van der Waals surface area (Å²) in [5, 5.41) is 7.50. The van der Waals surface area contributed by atoms with Crippen LogP contribution in [0.5, 0.6) is 0 Å². The minimum atomic E-state index is -0.315. The van der Waals surface area contributed by atoms with Crippen molar-refractivity contribution in [3.8, 4) is 11.4 Å². The van der Waals surface area contributed by atoms with Crippen LogP contribution in [-0.2, 0) is 11.2 Å². The third-order valence-corrected chi connectivity index (χ3v) is 5.14. The fourth-order valence-electron chi connectivity index (χ4n) is 2.45. The molecular weight excluding hydrogens is 401 g/mol. The molecule has 3 aromatic rings. The van der Waals surface area contributed by atoms with Gasteiger partial charge < -0.3 is 9.84 Å². The molecule has 0 aliphatic heterocycles. The highest BCUT2D eigenvalue weighted by atomic mass is 35.5. The van der Waals surface area contributed by atoms with E-state index in [1.807, 2.05) is 24.3 Å². The molecule has 0 radical (unpaired) electrons. The number of amides is 1. The summed E-state index contributed by atoms with van der Waals surface area (Å²) in [6.07, 6.45) is 1.52. The molecule has 1 amide bonds. The molecule has 0 atom stereocenters. The Morgan fingerprint density at radius 3 is 2.64 bits per heavy atom. The Morgan fingerprint density at radius 1 is 1.14 bits per heavy atom. The summed E-state index contributed by atoms with van der Waals surface area (Å²) < 4.78 is 18.1. The highest BCUT2D eigenvalue weighted by Crippen LogP contribution is 2.20. The monoisotopic (exact) mass is 419 g/mol. The molecule has 146 valence electrons. The Labute approximate surface area is 171 Å². The van der Waals surface area contributed by atoms with E-state index in [1.54, 1.807) is 23.9 Å². The van der Waals surface area contributed by atoms with Crippen molar-refractivity contribution in [2.45, 2.75) is 24.2 Å². The fraction of sp³-hybridized carbons (Fsp3) is 0.250. The first-order chi connectivity index (χ1) is 13.6. The molecule has 8 heteroatoms. The molecule has 0 saturated carbocycles. The van der Waals surface area contributed by atoms with Crippen LogP contribution in [0.4, 0.5) is 4.39 Å². The lowest BCUT2D eigenvalue weighted by Gasteiger charge is -2.05. The van der Waals surface area contributed by atoms with Crippen LogP contribution in [0.25, 0.3) is 11.4 Å². The minimum Gasteiger partial charge on any atom is -0.355 e. The van der Waals surface area contributed by atoms with Gasteiger partial charge in [0.05, 0.1) is 0 Å². The largest absolute Gasteiger partial charge is 0.355 e. The molecular formula is C20H19ClFN3O2S. The maximum absolute atomic E-state index is 13.0. The Bertz CT molecular complexity index is 901. The quantitative estimate of drug-likeness (QED) is 0.400. The second kappa shape index (κ2) is 10.2. The molecule has 0 aliphatic rings. The van der Waals surface area contributed by atoms with Crippen LogP contribution in [-0.4, -0.2) is 28.3 Å². The summed E-state index contributed by atoms with van der Waals surface area (Å²) in [4.78, 5) is 17.3. The van der Waals surface area contributed by atoms with Crippen LogP contribution in [0, 0.1) is 5.82 Å². The number of benzene rings is 2. The topological polar surface area (TPSA) is 68.0 Å². The maximum atomic E-state index is 13.0. The van der Waals surface area contributed by atoms with E-state index >= 15 is 0 Å². The highest BCUT2D eigenvalue weighted by molar-refractivity contribution is 7.99. The van der Waals surface area contributed by atoms with Crippen molar-refractivity contribution in [3.05, 3.63) is 65.3 Å². The minimum absolute atomic E-state index is 0.00465. The lowest BCUT2D eigenvalue weighted by Crippen LogP contribution is -2.25. The molecule has 1 aromatic heterocycles. The van der Waals surface area contributed by atoms with E-state index in [4.69, 9.17) is 16.1 Å². The number of nitrogens with one attached hydrogen (secondary N) is 1. The number of hydrogen-bond acceptors (Lipinski definition) is 5. The first-order valence-electron chi connectivity index (χ1n) is 8.84. The number of carbonyl (C=O) groups excluding carboxylic acids is 1. The zero-order valence-corrected chi connectivity index (χ0v) is 16.6. The third kappa shape index (κ3) is 6.35. The first-order valence-corrected chi connectivity index (χ1v) is 10.2. The standard InChI is InChI=1S/C20H19ClFN3O2S/c21-15-6-10-17(11-7-15)28-13-12-23-18(26)2-1-3-19-24-20(25-27-19)14-4-8-16(22)9-5-14/h4-11H,1-3,12-13H2,(H,23,26). The maximum Gasteiger partial charge on any atom is 0.226 e. The van der Waals surface area contributed by atoms with E-state index in [1.165, 1.54) is 12.1 Å². The summed E-state index contributed by atoms with van der Waals surface area (Å²) >= 11 is 7.51. The van der Waals surface area contributed by atoms with Crippen molar-refractivity contribution in [2.75, 3.05) is 12.3 Å². The lowest BCUT2D eigenvalue weighted by atomic mass is 10.2. The van der Waals surface area contributed by atoms with Crippen LogP contribution in [0.3, 0.4) is 0 Å². The van der Waals surface area contributed by atoms with Gasteiger partial charge in [-0.25, -0.2) is 4.39 Å². The van der Waals surface area contributed by atoms with Crippen LogP contribution in [0.1, 0.15) is 18.7 Å². The van der Waals surface area contributed by atoms with E-state index < -0.39 is 0 Å². The van der Waals surface area contributed by atoms with Gasteiger partial charge in [-0.1, -0.05) is 16.8 Å². The smallest absolute Gasteiger partial charge is 0.226 e. The summed E-state index contributed by atoms with van der Waals surface area (Å²) in [5.74, 6) is 1.35. The number of aryl methyl sites for hydroxylation is 1. The number of nitrogens with zero attached hydrogens (tertiary/aromatic N) is 2. The second-order valence-corrected chi connectivity index (χ2v) is 7.63. The van der Waals surface area contributed by atoms with Gasteiger partial charge in [0.1, 0.15) is 5.82 Å². The Hall–Kier alpha value is -2.38. The van der Waals surface area contributed by atoms with Gasteiger partial charge in [0.2, 0.25) is 17.6 Å². The van der Waals surface area contributed by atoms with Crippen LogP contribution in [0.2, 0.25) is 5.02 Å². The molecule has 0 aliphatic carbocycles. The first kappa shape index (κ1) is 20.4. The molecule has 3 rings (SSSR count). The molecule has 0 unspecified atom stereocenters. The van der Waals surface area contributed by atoms with Crippen LogP contribution < -0.4 is 5.32 Å². The number of hydrogen-bond donors (Lipinski definition) is 1. The van der Waals surface area contributed by atoms with Crippen molar-refractivity contribution in [2.24, 2.45) is 0 Å². The average molecular weight is 420 g/mol. The normalized spacial score (nSPS) is 10.8. The van der Waals surface area contributed by atoms with E-state index in [-0.39, 0.29) is 11.7 Å². The van der Waals surface area contributed by atoms with Gasteiger partial charge in [-0.3, -0.25) is 4.79 Å². The van der Waals surface area contributed by atoms with Crippen molar-refractivity contribution >= 4 is 29.3 Å². The van der Waals surface area contributed by atoms with Gasteiger partial charge >= 0.3 is 0 Å². The van der Waals surface area contributed by atoms with Gasteiger partial charge in [0.25, 0.3) is 0 Å². The molecule has 0 bridgehead atoms. The van der Waals surface area contributed by atoms with Gasteiger partial charge in [0, 0.05) is 40.6 Å². The van der Waals surface area contributed by atoms with E-state index in [2.05, 4.69) is 15.5 Å². The molecule has 0 saturated heterocycles. The number of rotatable bonds is 9. The molecule has 1 N–H and O–H groups in total. The summed E-state index contributed by atoms with van der Waals surface area (Å²) in [5.41, 5.74) is 0.687. The van der Waals surface area contributed by atoms with Crippen LogP contribution >= 0.6 is 23.4 Å². The summed E-state index contributed by atoms with van der Waals surface area (Å²) in [7, 11) is 0. The Balaban J connectivity index is 1.33. The second-order valence-electron chi connectivity index (χ2n) is 6.02. The van der Waals surface area contributed by atoms with Gasteiger partial charge in [0.15, 0.2) is 0 Å². The Morgan fingerprint density at radius 2 is 1.89 bits per heavy atom. The molecule has 2 aromatic carbocycles. The number of halogens is 2. The average Bonchev–Trinajstić information content (AvgIpc) is 3.16.